The second-order valence-corrected chi connectivity index (χ2v) is 3.39. The highest BCUT2D eigenvalue weighted by Gasteiger charge is 2.26. The van der Waals surface area contributed by atoms with Gasteiger partial charge in [0.05, 0.1) is 24.2 Å². The van der Waals surface area contributed by atoms with Crippen LogP contribution in [0, 0.1) is 6.92 Å². The van der Waals surface area contributed by atoms with Gasteiger partial charge in [-0.3, -0.25) is 9.99 Å². The van der Waals surface area contributed by atoms with Gasteiger partial charge in [0.25, 0.3) is 0 Å². The van der Waals surface area contributed by atoms with Crippen molar-refractivity contribution in [2.75, 3.05) is 11.6 Å². The van der Waals surface area contributed by atoms with Crippen LogP contribution in [0.3, 0.4) is 0 Å². The molecule has 2 heterocycles. The number of aromatic nitrogens is 1. The Bertz CT molecular complexity index is 388. The zero-order valence-corrected chi connectivity index (χ0v) is 8.42. The first-order valence-electron chi connectivity index (χ1n) is 4.58. The Hall–Kier alpha value is -1.66. The molecule has 0 spiro atoms. The van der Waals surface area contributed by atoms with Crippen LogP contribution in [0.2, 0.25) is 0 Å². The molecule has 0 aromatic carbocycles. The molecule has 0 amide bonds. The van der Waals surface area contributed by atoms with E-state index in [2.05, 4.69) is 10.1 Å². The Labute approximate surface area is 87.5 Å². The molecule has 2 rings (SSSR count). The van der Waals surface area contributed by atoms with Gasteiger partial charge in [-0.2, -0.15) is 5.10 Å². The van der Waals surface area contributed by atoms with E-state index < -0.39 is 0 Å². The molecule has 1 atom stereocenters. The van der Waals surface area contributed by atoms with Gasteiger partial charge >= 0.3 is 0 Å². The summed E-state index contributed by atoms with van der Waals surface area (Å²) in [7, 11) is 0. The van der Waals surface area contributed by atoms with Gasteiger partial charge in [0, 0.05) is 0 Å². The van der Waals surface area contributed by atoms with E-state index in [4.69, 9.17) is 16.4 Å². The van der Waals surface area contributed by atoms with Crippen LogP contribution >= 0.6 is 0 Å². The molecule has 0 unspecified atom stereocenters. The monoisotopic (exact) mass is 207 g/mol. The van der Waals surface area contributed by atoms with Gasteiger partial charge in [-0.15, -0.1) is 0 Å². The lowest BCUT2D eigenvalue weighted by Gasteiger charge is -2.14. The first kappa shape index (κ1) is 9.88. The number of hydrazine groups is 1. The van der Waals surface area contributed by atoms with E-state index in [1.54, 1.807) is 6.20 Å². The van der Waals surface area contributed by atoms with Crippen LogP contribution in [-0.4, -0.2) is 17.9 Å². The summed E-state index contributed by atoms with van der Waals surface area (Å²) in [5, 5.41) is 4.68. The van der Waals surface area contributed by atoms with Crippen molar-refractivity contribution in [3.63, 3.8) is 0 Å². The zero-order chi connectivity index (χ0) is 10.8. The van der Waals surface area contributed by atoms with Crippen molar-refractivity contribution in [2.24, 2.45) is 16.8 Å². The van der Waals surface area contributed by atoms with Crippen molar-refractivity contribution in [1.29, 1.82) is 0 Å². The van der Waals surface area contributed by atoms with Crippen molar-refractivity contribution < 1.29 is 4.74 Å². The minimum absolute atomic E-state index is 0.159. The third kappa shape index (κ3) is 2.05. The number of ether oxygens (including phenoxy) is 1. The Morgan fingerprint density at radius 3 is 3.00 bits per heavy atom. The summed E-state index contributed by atoms with van der Waals surface area (Å²) in [5.74, 6) is 10.7. The van der Waals surface area contributed by atoms with Gasteiger partial charge < -0.3 is 10.6 Å². The molecule has 1 aliphatic rings. The number of anilines is 1. The van der Waals surface area contributed by atoms with Crippen molar-refractivity contribution in [1.82, 2.24) is 4.98 Å². The maximum atomic E-state index is 5.68. The molecule has 1 saturated heterocycles. The maximum absolute atomic E-state index is 5.68. The first-order valence-corrected chi connectivity index (χ1v) is 4.58. The molecule has 4 N–H and O–H groups in total. The van der Waals surface area contributed by atoms with Crippen molar-refractivity contribution in [3.05, 3.63) is 23.5 Å². The SMILES string of the molecule is Cc1cc([C@H]2CO2)ncc1N(N)/C=N\N. The Morgan fingerprint density at radius 2 is 2.47 bits per heavy atom. The van der Waals surface area contributed by atoms with Gasteiger partial charge in [-0.05, 0) is 18.6 Å². The van der Waals surface area contributed by atoms with Crippen molar-refractivity contribution in [2.45, 2.75) is 13.0 Å². The molecule has 80 valence electrons. The fourth-order valence-corrected chi connectivity index (χ4v) is 1.37. The summed E-state index contributed by atoms with van der Waals surface area (Å²) < 4.78 is 5.14. The summed E-state index contributed by atoms with van der Waals surface area (Å²) in [6, 6.07) is 1.96. The lowest BCUT2D eigenvalue weighted by atomic mass is 10.2. The van der Waals surface area contributed by atoms with Crippen LogP contribution < -0.4 is 16.7 Å². The summed E-state index contributed by atoms with van der Waals surface area (Å²) in [6.45, 7) is 2.70. The van der Waals surface area contributed by atoms with Gasteiger partial charge in [-0.25, -0.2) is 5.84 Å². The van der Waals surface area contributed by atoms with Gasteiger partial charge in [-0.1, -0.05) is 0 Å². The third-order valence-electron chi connectivity index (χ3n) is 2.24. The van der Waals surface area contributed by atoms with E-state index in [1.807, 2.05) is 13.0 Å². The molecule has 1 aliphatic heterocycles. The minimum Gasteiger partial charge on any atom is -0.366 e. The molecule has 1 fully saturated rings. The average molecular weight is 207 g/mol. The molecule has 6 heteroatoms. The van der Waals surface area contributed by atoms with E-state index in [-0.39, 0.29) is 6.10 Å². The molecular formula is C9H13N5O. The Kier molecular flexibility index (Phi) is 2.53. The van der Waals surface area contributed by atoms with Gasteiger partial charge in [0.15, 0.2) is 0 Å². The maximum Gasteiger partial charge on any atom is 0.129 e. The van der Waals surface area contributed by atoms with Crippen LogP contribution in [0.15, 0.2) is 17.4 Å². The minimum atomic E-state index is 0.159. The molecule has 0 saturated carbocycles. The van der Waals surface area contributed by atoms with E-state index >= 15 is 0 Å². The Balaban J connectivity index is 2.25. The largest absolute Gasteiger partial charge is 0.366 e. The Morgan fingerprint density at radius 1 is 1.73 bits per heavy atom. The quantitative estimate of drug-likeness (QED) is 0.240. The molecular weight excluding hydrogens is 194 g/mol. The number of hydrazone groups is 1. The predicted molar refractivity (Wildman–Crippen MR) is 57.0 cm³/mol. The number of aryl methyl sites for hydroxylation is 1. The van der Waals surface area contributed by atoms with E-state index in [9.17, 15) is 0 Å². The van der Waals surface area contributed by atoms with Gasteiger partial charge in [0.1, 0.15) is 12.4 Å². The number of hydrogen-bond acceptors (Lipinski definition) is 5. The molecule has 6 nitrogen and oxygen atoms in total. The van der Waals surface area contributed by atoms with Crippen LogP contribution in [-0.2, 0) is 4.74 Å². The fourth-order valence-electron chi connectivity index (χ4n) is 1.37. The molecule has 15 heavy (non-hydrogen) atoms. The zero-order valence-electron chi connectivity index (χ0n) is 8.42. The highest BCUT2D eigenvalue weighted by atomic mass is 16.6. The fraction of sp³-hybridized carbons (Fsp3) is 0.333. The number of pyridine rings is 1. The predicted octanol–water partition coefficient (Wildman–Crippen LogP) is 0.0434. The smallest absolute Gasteiger partial charge is 0.129 e. The molecule has 0 radical (unpaired) electrons. The third-order valence-corrected chi connectivity index (χ3v) is 2.24. The topological polar surface area (TPSA) is 93.1 Å². The molecule has 1 aromatic rings. The van der Waals surface area contributed by atoms with E-state index in [0.717, 1.165) is 23.6 Å². The highest BCUT2D eigenvalue weighted by molar-refractivity contribution is 5.78. The highest BCUT2D eigenvalue weighted by Crippen LogP contribution is 2.30. The summed E-state index contributed by atoms with van der Waals surface area (Å²) in [4.78, 5) is 4.26. The lowest BCUT2D eigenvalue weighted by Crippen LogP contribution is -2.30. The van der Waals surface area contributed by atoms with Crippen LogP contribution in [0.1, 0.15) is 17.4 Å². The number of nitrogens with zero attached hydrogens (tertiary/aromatic N) is 3. The van der Waals surface area contributed by atoms with Gasteiger partial charge in [0.2, 0.25) is 0 Å². The molecule has 0 bridgehead atoms. The number of epoxide rings is 1. The van der Waals surface area contributed by atoms with E-state index in [0.29, 0.717) is 0 Å². The number of rotatable bonds is 3. The van der Waals surface area contributed by atoms with Crippen molar-refractivity contribution >= 4 is 12.0 Å². The summed E-state index contributed by atoms with van der Waals surface area (Å²) >= 11 is 0. The summed E-state index contributed by atoms with van der Waals surface area (Å²) in [6.07, 6.45) is 3.18. The second kappa shape index (κ2) is 3.84. The second-order valence-electron chi connectivity index (χ2n) is 3.39. The van der Waals surface area contributed by atoms with Crippen LogP contribution in [0.5, 0.6) is 0 Å². The van der Waals surface area contributed by atoms with Crippen LogP contribution in [0.4, 0.5) is 5.69 Å². The lowest BCUT2D eigenvalue weighted by molar-refractivity contribution is 0.411. The van der Waals surface area contributed by atoms with Crippen LogP contribution in [0.25, 0.3) is 0 Å². The number of nitrogens with two attached hydrogens (primary N) is 2. The average Bonchev–Trinajstić information content (AvgIpc) is 3.01. The number of hydrogen-bond donors (Lipinski definition) is 2. The molecule has 1 aromatic heterocycles. The van der Waals surface area contributed by atoms with E-state index in [1.165, 1.54) is 11.3 Å². The first-order chi connectivity index (χ1) is 7.22. The normalized spacial score (nSPS) is 19.5. The standard InChI is InChI=1S/C9H13N5O/c1-6-2-7(9-4-15-9)12-3-8(6)14(11)5-13-10/h2-3,5,9H,4,10-11H2,1H3/b13-5-/t9-/m1/s1. The summed E-state index contributed by atoms with van der Waals surface area (Å²) in [5.41, 5.74) is 2.72. The van der Waals surface area contributed by atoms with Crippen molar-refractivity contribution in [3.8, 4) is 0 Å². The molecule has 0 aliphatic carbocycles.